The fraction of sp³-hybridized carbons (Fsp3) is 0.0714. The van der Waals surface area contributed by atoms with Crippen molar-refractivity contribution in [2.24, 2.45) is 0 Å². The number of carbonyl (C=O) groups is 1. The second-order valence-corrected chi connectivity index (χ2v) is 4.81. The molecule has 0 radical (unpaired) electrons. The number of amides is 1. The first kappa shape index (κ1) is 13.4. The van der Waals surface area contributed by atoms with Crippen LogP contribution in [-0.4, -0.2) is 26.3 Å². The highest BCUT2D eigenvalue weighted by Crippen LogP contribution is 2.28. The molecule has 0 unspecified atom stereocenters. The number of benzene rings is 1. The Morgan fingerprint density at radius 1 is 1.19 bits per heavy atom. The van der Waals surface area contributed by atoms with Crippen molar-refractivity contribution in [2.75, 3.05) is 0 Å². The summed E-state index contributed by atoms with van der Waals surface area (Å²) in [6.07, 6.45) is 3.12. The molecule has 0 aliphatic heterocycles. The zero-order chi connectivity index (χ0) is 14.7. The van der Waals surface area contributed by atoms with Crippen LogP contribution in [0.1, 0.15) is 16.1 Å². The molecule has 3 N–H and O–H groups in total. The summed E-state index contributed by atoms with van der Waals surface area (Å²) in [6.45, 7) is 0.367. The van der Waals surface area contributed by atoms with Crippen LogP contribution < -0.4 is 5.32 Å². The second kappa shape index (κ2) is 5.80. The Balaban J connectivity index is 1.82. The van der Waals surface area contributed by atoms with E-state index in [1.807, 2.05) is 18.2 Å². The van der Waals surface area contributed by atoms with Crippen LogP contribution in [0.4, 0.5) is 0 Å². The van der Waals surface area contributed by atoms with Crippen LogP contribution in [0.5, 0.6) is 0 Å². The molecule has 1 aromatic carbocycles. The van der Waals surface area contributed by atoms with Crippen LogP contribution in [0.3, 0.4) is 0 Å². The lowest BCUT2D eigenvalue weighted by Gasteiger charge is -2.06. The summed E-state index contributed by atoms with van der Waals surface area (Å²) in [7, 11) is 0. The molecule has 0 bridgehead atoms. The highest BCUT2D eigenvalue weighted by Gasteiger charge is 2.16. The van der Waals surface area contributed by atoms with Crippen LogP contribution in [0.15, 0.2) is 42.7 Å². The van der Waals surface area contributed by atoms with Crippen molar-refractivity contribution in [3.8, 4) is 11.3 Å². The second-order valence-electron chi connectivity index (χ2n) is 4.40. The number of aromatic nitrogens is 4. The number of nitrogens with one attached hydrogen (secondary N) is 3. The monoisotopic (exact) mass is 301 g/mol. The van der Waals surface area contributed by atoms with E-state index in [4.69, 9.17) is 11.6 Å². The summed E-state index contributed by atoms with van der Waals surface area (Å²) in [5.74, 6) is -0.228. The Labute approximate surface area is 125 Å². The highest BCUT2D eigenvalue weighted by atomic mass is 35.5. The number of aromatic amines is 2. The van der Waals surface area contributed by atoms with Gasteiger partial charge in [-0.1, -0.05) is 29.8 Å². The van der Waals surface area contributed by atoms with Gasteiger partial charge in [0, 0.05) is 16.8 Å². The molecule has 7 heteroatoms. The van der Waals surface area contributed by atoms with Gasteiger partial charge in [0.25, 0.3) is 5.91 Å². The first-order chi connectivity index (χ1) is 10.3. The van der Waals surface area contributed by atoms with E-state index in [0.29, 0.717) is 22.8 Å². The largest absolute Gasteiger partial charge is 0.346 e. The average Bonchev–Trinajstić information content (AvgIpc) is 3.16. The fourth-order valence-electron chi connectivity index (χ4n) is 1.98. The van der Waals surface area contributed by atoms with E-state index in [-0.39, 0.29) is 5.91 Å². The first-order valence-electron chi connectivity index (χ1n) is 6.30. The molecule has 0 saturated carbocycles. The van der Waals surface area contributed by atoms with E-state index in [1.54, 1.807) is 18.3 Å². The third-order valence-electron chi connectivity index (χ3n) is 3.02. The number of hydrogen-bond donors (Lipinski definition) is 3. The zero-order valence-corrected chi connectivity index (χ0v) is 11.7. The molecule has 0 aliphatic carbocycles. The molecule has 0 aliphatic rings. The smallest absolute Gasteiger partial charge is 0.255 e. The maximum absolute atomic E-state index is 12.3. The maximum atomic E-state index is 12.3. The predicted octanol–water partition coefficient (Wildman–Crippen LogP) is 2.38. The van der Waals surface area contributed by atoms with E-state index in [2.05, 4.69) is 25.7 Å². The SMILES string of the molecule is O=C(NCc1ccn[nH]1)c1cn[nH]c1-c1ccccc1Cl. The van der Waals surface area contributed by atoms with Crippen molar-refractivity contribution < 1.29 is 4.79 Å². The normalized spacial score (nSPS) is 10.5. The van der Waals surface area contributed by atoms with Crippen molar-refractivity contribution >= 4 is 17.5 Å². The lowest BCUT2D eigenvalue weighted by Crippen LogP contribution is -2.23. The van der Waals surface area contributed by atoms with Crippen molar-refractivity contribution in [1.82, 2.24) is 25.7 Å². The molecule has 106 valence electrons. The van der Waals surface area contributed by atoms with Gasteiger partial charge in [0.1, 0.15) is 0 Å². The fourth-order valence-corrected chi connectivity index (χ4v) is 2.21. The molecule has 0 spiro atoms. The van der Waals surface area contributed by atoms with Crippen LogP contribution in [0.2, 0.25) is 5.02 Å². The lowest BCUT2D eigenvalue weighted by molar-refractivity contribution is 0.0951. The molecule has 21 heavy (non-hydrogen) atoms. The van der Waals surface area contributed by atoms with Gasteiger partial charge in [0.05, 0.1) is 29.7 Å². The highest BCUT2D eigenvalue weighted by molar-refractivity contribution is 6.33. The predicted molar refractivity (Wildman–Crippen MR) is 78.8 cm³/mol. The number of rotatable bonds is 4. The van der Waals surface area contributed by atoms with E-state index in [9.17, 15) is 4.79 Å². The van der Waals surface area contributed by atoms with Gasteiger partial charge in [-0.15, -0.1) is 0 Å². The Morgan fingerprint density at radius 2 is 2.05 bits per heavy atom. The number of carbonyl (C=O) groups excluding carboxylic acids is 1. The molecular weight excluding hydrogens is 290 g/mol. The van der Waals surface area contributed by atoms with E-state index < -0.39 is 0 Å². The molecular formula is C14H12ClN5O. The molecule has 3 aromatic rings. The van der Waals surface area contributed by atoms with Gasteiger partial charge in [0.15, 0.2) is 0 Å². The first-order valence-corrected chi connectivity index (χ1v) is 6.68. The van der Waals surface area contributed by atoms with Crippen LogP contribution in [0.25, 0.3) is 11.3 Å². The quantitative estimate of drug-likeness (QED) is 0.691. The summed E-state index contributed by atoms with van der Waals surface area (Å²) in [4.78, 5) is 12.3. The molecule has 0 atom stereocenters. The molecule has 1 amide bonds. The molecule has 2 aromatic heterocycles. The molecule has 6 nitrogen and oxygen atoms in total. The van der Waals surface area contributed by atoms with Crippen LogP contribution >= 0.6 is 11.6 Å². The zero-order valence-electron chi connectivity index (χ0n) is 10.9. The van der Waals surface area contributed by atoms with E-state index in [0.717, 1.165) is 11.3 Å². The number of nitrogens with zero attached hydrogens (tertiary/aromatic N) is 2. The summed E-state index contributed by atoms with van der Waals surface area (Å²) in [5, 5.41) is 16.7. The van der Waals surface area contributed by atoms with E-state index >= 15 is 0 Å². The Morgan fingerprint density at radius 3 is 2.81 bits per heavy atom. The summed E-state index contributed by atoms with van der Waals surface area (Å²) in [6, 6.07) is 9.09. The van der Waals surface area contributed by atoms with Gasteiger partial charge in [-0.3, -0.25) is 15.0 Å². The van der Waals surface area contributed by atoms with E-state index in [1.165, 1.54) is 6.20 Å². The minimum Gasteiger partial charge on any atom is -0.346 e. The average molecular weight is 302 g/mol. The van der Waals surface area contributed by atoms with Gasteiger partial charge in [-0.05, 0) is 12.1 Å². The van der Waals surface area contributed by atoms with Gasteiger partial charge in [-0.25, -0.2) is 0 Å². The van der Waals surface area contributed by atoms with Crippen molar-refractivity contribution in [2.45, 2.75) is 6.54 Å². The summed E-state index contributed by atoms with van der Waals surface area (Å²) >= 11 is 6.16. The number of H-pyrrole nitrogens is 2. The summed E-state index contributed by atoms with van der Waals surface area (Å²) < 4.78 is 0. The van der Waals surface area contributed by atoms with Gasteiger partial charge >= 0.3 is 0 Å². The number of hydrogen-bond acceptors (Lipinski definition) is 3. The molecule has 0 fully saturated rings. The maximum Gasteiger partial charge on any atom is 0.255 e. The van der Waals surface area contributed by atoms with Crippen molar-refractivity contribution in [3.05, 3.63) is 59.0 Å². The molecule has 3 rings (SSSR count). The van der Waals surface area contributed by atoms with Gasteiger partial charge < -0.3 is 5.32 Å². The standard InChI is InChI=1S/C14H12ClN5O/c15-12-4-2-1-3-10(12)13-11(8-18-20-13)14(21)16-7-9-5-6-17-19-9/h1-6,8H,7H2,(H,16,21)(H,17,19)(H,18,20). The Kier molecular flexibility index (Phi) is 3.70. The van der Waals surface area contributed by atoms with Crippen molar-refractivity contribution in [1.29, 1.82) is 0 Å². The van der Waals surface area contributed by atoms with Crippen LogP contribution in [-0.2, 0) is 6.54 Å². The van der Waals surface area contributed by atoms with Gasteiger partial charge in [-0.2, -0.15) is 10.2 Å². The summed E-state index contributed by atoms with van der Waals surface area (Å²) in [5.41, 5.74) is 2.61. The topological polar surface area (TPSA) is 86.5 Å². The third kappa shape index (κ3) is 2.80. The van der Waals surface area contributed by atoms with Gasteiger partial charge in [0.2, 0.25) is 0 Å². The molecule has 2 heterocycles. The lowest BCUT2D eigenvalue weighted by atomic mass is 10.1. The van der Waals surface area contributed by atoms with Crippen LogP contribution in [0, 0.1) is 0 Å². The minimum atomic E-state index is -0.228. The Bertz CT molecular complexity index is 750. The van der Waals surface area contributed by atoms with Crippen molar-refractivity contribution in [3.63, 3.8) is 0 Å². The molecule has 0 saturated heterocycles. The third-order valence-corrected chi connectivity index (χ3v) is 3.35. The number of halogens is 1. The Hall–Kier alpha value is -2.60. The minimum absolute atomic E-state index is 0.228.